The first-order valence-electron chi connectivity index (χ1n) is 13.7. The Hall–Kier alpha value is -4.66. The third kappa shape index (κ3) is 5.46. The van der Waals surface area contributed by atoms with Crippen molar-refractivity contribution in [3.8, 4) is 17.1 Å². The Morgan fingerprint density at radius 2 is 1.74 bits per heavy atom. The molecular weight excluding hydrogens is 543 g/mol. The molecule has 42 heavy (non-hydrogen) atoms. The highest BCUT2D eigenvalue weighted by Crippen LogP contribution is 2.48. The zero-order valence-corrected chi connectivity index (χ0v) is 22.9. The standard InChI is InChI=1S/C33H28F3N3O3/c1-20-8-9-23(25(35)14-20)17-42-30-7-3-5-27(38-30)22-11-10-21(26(36)15-22)16-29-37-28-6-2-4-24(32(40)41)31(28)39(29)19-33(18-34)12-13-33/h2-11,14-15H,12-13,16-19H2,1H3,(H,40,41). The van der Waals surface area contributed by atoms with Gasteiger partial charge in [0.15, 0.2) is 0 Å². The molecule has 1 saturated carbocycles. The number of carboxylic acids is 1. The normalized spacial score (nSPS) is 13.8. The van der Waals surface area contributed by atoms with Crippen LogP contribution in [0.15, 0.2) is 72.8 Å². The van der Waals surface area contributed by atoms with Crippen LogP contribution in [0, 0.1) is 24.0 Å². The topological polar surface area (TPSA) is 77.2 Å². The summed E-state index contributed by atoms with van der Waals surface area (Å²) in [6, 6.07) is 19.6. The van der Waals surface area contributed by atoms with E-state index in [-0.39, 0.29) is 36.8 Å². The molecule has 214 valence electrons. The fraction of sp³-hybridized carbons (Fsp3) is 0.242. The first kappa shape index (κ1) is 27.5. The van der Waals surface area contributed by atoms with Gasteiger partial charge in [0.25, 0.3) is 0 Å². The molecule has 1 aliphatic carbocycles. The Balaban J connectivity index is 1.26. The highest BCUT2D eigenvalue weighted by molar-refractivity contribution is 6.01. The number of aromatic nitrogens is 3. The van der Waals surface area contributed by atoms with Crippen LogP contribution in [0.1, 0.15) is 45.7 Å². The summed E-state index contributed by atoms with van der Waals surface area (Å²) in [5, 5.41) is 9.79. The average molecular weight is 572 g/mol. The summed E-state index contributed by atoms with van der Waals surface area (Å²) in [6.45, 7) is 1.58. The third-order valence-corrected chi connectivity index (χ3v) is 7.82. The number of halogens is 3. The van der Waals surface area contributed by atoms with Gasteiger partial charge in [-0.3, -0.25) is 4.39 Å². The number of nitrogens with zero attached hydrogens (tertiary/aromatic N) is 3. The van der Waals surface area contributed by atoms with Gasteiger partial charge in [-0.25, -0.2) is 23.5 Å². The van der Waals surface area contributed by atoms with Crippen molar-refractivity contribution in [2.45, 2.75) is 39.3 Å². The molecule has 0 unspecified atom stereocenters. The van der Waals surface area contributed by atoms with Gasteiger partial charge in [-0.15, -0.1) is 0 Å². The van der Waals surface area contributed by atoms with E-state index in [1.54, 1.807) is 59.2 Å². The zero-order chi connectivity index (χ0) is 29.4. The number of imidazole rings is 1. The summed E-state index contributed by atoms with van der Waals surface area (Å²) in [5.41, 5.74) is 3.03. The van der Waals surface area contributed by atoms with Crippen molar-refractivity contribution < 1.29 is 27.8 Å². The first-order chi connectivity index (χ1) is 20.2. The lowest BCUT2D eigenvalue weighted by Gasteiger charge is -2.16. The molecule has 1 aliphatic rings. The number of hydrogen-bond acceptors (Lipinski definition) is 4. The maximum atomic E-state index is 15.5. The van der Waals surface area contributed by atoms with Crippen molar-refractivity contribution in [1.82, 2.24) is 14.5 Å². The van der Waals surface area contributed by atoms with E-state index in [0.717, 1.165) is 5.56 Å². The maximum Gasteiger partial charge on any atom is 0.337 e. The molecular formula is C33H28F3N3O3. The Kier molecular flexibility index (Phi) is 7.18. The predicted molar refractivity (Wildman–Crippen MR) is 152 cm³/mol. The van der Waals surface area contributed by atoms with Crippen LogP contribution in [0.2, 0.25) is 0 Å². The van der Waals surface area contributed by atoms with Crippen LogP contribution in [0.3, 0.4) is 0 Å². The molecule has 2 aromatic heterocycles. The lowest BCUT2D eigenvalue weighted by atomic mass is 10.0. The van der Waals surface area contributed by atoms with Gasteiger partial charge in [0, 0.05) is 35.6 Å². The number of aromatic carboxylic acids is 1. The van der Waals surface area contributed by atoms with Crippen LogP contribution in [0.4, 0.5) is 13.2 Å². The van der Waals surface area contributed by atoms with Gasteiger partial charge in [0.1, 0.15) is 24.1 Å². The molecule has 1 N–H and O–H groups in total. The van der Waals surface area contributed by atoms with E-state index in [1.807, 2.05) is 6.92 Å². The molecule has 0 spiro atoms. The second-order valence-electron chi connectivity index (χ2n) is 11.0. The van der Waals surface area contributed by atoms with E-state index < -0.39 is 23.9 Å². The quantitative estimate of drug-likeness (QED) is 0.190. The SMILES string of the molecule is Cc1ccc(COc2cccc(-c3ccc(Cc4nc5cccc(C(=O)O)c5n4CC4(CF)CC4)c(F)c3)n2)c(F)c1. The number of hydrogen-bond donors (Lipinski definition) is 1. The van der Waals surface area contributed by atoms with E-state index in [2.05, 4.69) is 9.97 Å². The van der Waals surface area contributed by atoms with Crippen LogP contribution in [-0.2, 0) is 19.6 Å². The summed E-state index contributed by atoms with van der Waals surface area (Å²) >= 11 is 0. The first-order valence-corrected chi connectivity index (χ1v) is 13.7. The van der Waals surface area contributed by atoms with Crippen molar-refractivity contribution in [3.05, 3.63) is 113 Å². The number of alkyl halides is 1. The van der Waals surface area contributed by atoms with Crippen LogP contribution in [-0.4, -0.2) is 32.3 Å². The molecule has 6 nitrogen and oxygen atoms in total. The summed E-state index contributed by atoms with van der Waals surface area (Å²) in [7, 11) is 0. The number of carboxylic acid groups (broad SMARTS) is 1. The van der Waals surface area contributed by atoms with Gasteiger partial charge < -0.3 is 14.4 Å². The molecule has 0 amide bonds. The van der Waals surface area contributed by atoms with Crippen molar-refractivity contribution in [3.63, 3.8) is 0 Å². The summed E-state index contributed by atoms with van der Waals surface area (Å²) in [4.78, 5) is 21.1. The molecule has 2 heterocycles. The fourth-order valence-corrected chi connectivity index (χ4v) is 5.16. The molecule has 0 aliphatic heterocycles. The van der Waals surface area contributed by atoms with Gasteiger partial charge in [-0.05, 0) is 61.2 Å². The summed E-state index contributed by atoms with van der Waals surface area (Å²) in [5.74, 6) is -1.18. The zero-order valence-electron chi connectivity index (χ0n) is 22.9. The van der Waals surface area contributed by atoms with Crippen LogP contribution < -0.4 is 4.74 Å². The van der Waals surface area contributed by atoms with Gasteiger partial charge in [-0.1, -0.05) is 36.4 Å². The van der Waals surface area contributed by atoms with E-state index in [9.17, 15) is 18.7 Å². The third-order valence-electron chi connectivity index (χ3n) is 7.82. The van der Waals surface area contributed by atoms with Gasteiger partial charge in [-0.2, -0.15) is 0 Å². The van der Waals surface area contributed by atoms with Crippen LogP contribution in [0.5, 0.6) is 5.88 Å². The minimum atomic E-state index is -1.10. The summed E-state index contributed by atoms with van der Waals surface area (Å²) < 4.78 is 51.0. The van der Waals surface area contributed by atoms with Crippen molar-refractivity contribution in [2.24, 2.45) is 5.41 Å². The number of carbonyl (C=O) groups is 1. The number of fused-ring (bicyclic) bond motifs is 1. The maximum absolute atomic E-state index is 15.5. The molecule has 1 fully saturated rings. The van der Waals surface area contributed by atoms with E-state index >= 15 is 4.39 Å². The molecule has 5 aromatic rings. The Labute approximate surface area is 240 Å². The highest BCUT2D eigenvalue weighted by Gasteiger charge is 2.44. The molecule has 3 aromatic carbocycles. The largest absolute Gasteiger partial charge is 0.478 e. The Morgan fingerprint density at radius 1 is 0.976 bits per heavy atom. The second-order valence-corrected chi connectivity index (χ2v) is 11.0. The number of benzene rings is 3. The molecule has 0 bridgehead atoms. The van der Waals surface area contributed by atoms with Crippen molar-refractivity contribution in [2.75, 3.05) is 6.67 Å². The minimum absolute atomic E-state index is 0.00412. The van der Waals surface area contributed by atoms with E-state index in [0.29, 0.717) is 52.1 Å². The van der Waals surface area contributed by atoms with Crippen LogP contribution >= 0.6 is 0 Å². The molecule has 0 radical (unpaired) electrons. The minimum Gasteiger partial charge on any atom is -0.478 e. The lowest BCUT2D eigenvalue weighted by Crippen LogP contribution is -2.17. The lowest BCUT2D eigenvalue weighted by molar-refractivity contribution is 0.0698. The van der Waals surface area contributed by atoms with E-state index in [4.69, 9.17) is 4.74 Å². The molecule has 0 saturated heterocycles. The Bertz CT molecular complexity index is 1810. The average Bonchev–Trinajstić information content (AvgIpc) is 3.68. The smallest absolute Gasteiger partial charge is 0.337 e. The number of rotatable bonds is 10. The van der Waals surface area contributed by atoms with Crippen molar-refractivity contribution in [1.29, 1.82) is 0 Å². The van der Waals surface area contributed by atoms with E-state index in [1.165, 1.54) is 18.2 Å². The monoisotopic (exact) mass is 571 g/mol. The van der Waals surface area contributed by atoms with Crippen LogP contribution in [0.25, 0.3) is 22.3 Å². The summed E-state index contributed by atoms with van der Waals surface area (Å²) in [6.07, 6.45) is 1.51. The molecule has 6 rings (SSSR count). The fourth-order valence-electron chi connectivity index (χ4n) is 5.16. The number of aryl methyl sites for hydroxylation is 1. The molecule has 0 atom stereocenters. The molecule has 9 heteroatoms. The Morgan fingerprint density at radius 3 is 2.45 bits per heavy atom. The second kappa shape index (κ2) is 11.0. The van der Waals surface area contributed by atoms with Crippen molar-refractivity contribution >= 4 is 17.0 Å². The number of ether oxygens (including phenoxy) is 1. The number of para-hydroxylation sites is 1. The predicted octanol–water partition coefficient (Wildman–Crippen LogP) is 7.30. The van der Waals surface area contributed by atoms with Gasteiger partial charge >= 0.3 is 5.97 Å². The van der Waals surface area contributed by atoms with Gasteiger partial charge in [0.2, 0.25) is 5.88 Å². The van der Waals surface area contributed by atoms with Gasteiger partial charge in [0.05, 0.1) is 29.0 Å². The highest BCUT2D eigenvalue weighted by atomic mass is 19.1. The number of pyridine rings is 1.